The van der Waals surface area contributed by atoms with Crippen molar-refractivity contribution in [2.24, 2.45) is 0 Å². The quantitative estimate of drug-likeness (QED) is 0.594. The van der Waals surface area contributed by atoms with Crippen LogP contribution < -0.4 is 5.32 Å². The Morgan fingerprint density at radius 2 is 2.33 bits per heavy atom. The summed E-state index contributed by atoms with van der Waals surface area (Å²) in [6, 6.07) is 0. The lowest BCUT2D eigenvalue weighted by molar-refractivity contribution is 0.0572. The van der Waals surface area contributed by atoms with E-state index in [1.54, 1.807) is 0 Å². The molecule has 0 aromatic carbocycles. The zero-order valence-electron chi connectivity index (χ0n) is 6.18. The normalized spacial score (nSPS) is 35.3. The summed E-state index contributed by atoms with van der Waals surface area (Å²) in [7, 11) is 1.96. The molecule has 0 aromatic heterocycles. The van der Waals surface area contributed by atoms with Gasteiger partial charge >= 0.3 is 0 Å². The predicted molar refractivity (Wildman–Crippen MR) is 37.5 cm³/mol. The van der Waals surface area contributed by atoms with Crippen molar-refractivity contribution in [3.8, 4) is 0 Å². The van der Waals surface area contributed by atoms with Crippen LogP contribution in [0.4, 0.5) is 0 Å². The molecule has 0 aromatic rings. The molecule has 0 bridgehead atoms. The first-order valence-corrected chi connectivity index (χ1v) is 3.63. The molecule has 1 unspecified atom stereocenters. The van der Waals surface area contributed by atoms with Crippen molar-refractivity contribution >= 4 is 0 Å². The minimum Gasteiger partial charge on any atom is -0.374 e. The van der Waals surface area contributed by atoms with Crippen molar-refractivity contribution in [1.29, 1.82) is 0 Å². The van der Waals surface area contributed by atoms with Crippen LogP contribution in [0.1, 0.15) is 19.8 Å². The van der Waals surface area contributed by atoms with Crippen molar-refractivity contribution < 1.29 is 4.74 Å². The Labute approximate surface area is 56.6 Å². The Hall–Kier alpha value is -0.0800. The highest BCUT2D eigenvalue weighted by molar-refractivity contribution is 4.71. The molecule has 1 aliphatic heterocycles. The van der Waals surface area contributed by atoms with Crippen LogP contribution in [0.15, 0.2) is 0 Å². The van der Waals surface area contributed by atoms with Gasteiger partial charge in [-0.3, -0.25) is 0 Å². The molecule has 2 heteroatoms. The summed E-state index contributed by atoms with van der Waals surface area (Å²) in [5.74, 6) is 0. The van der Waals surface area contributed by atoms with Gasteiger partial charge in [0.15, 0.2) is 0 Å². The van der Waals surface area contributed by atoms with E-state index in [2.05, 4.69) is 12.2 Å². The van der Waals surface area contributed by atoms with Gasteiger partial charge in [0.2, 0.25) is 0 Å². The fraction of sp³-hybridized carbons (Fsp3) is 1.00. The van der Waals surface area contributed by atoms with Gasteiger partial charge in [-0.1, -0.05) is 0 Å². The van der Waals surface area contributed by atoms with Crippen LogP contribution in [-0.2, 0) is 4.74 Å². The number of ether oxygens (including phenoxy) is 1. The molecule has 1 fully saturated rings. The van der Waals surface area contributed by atoms with Crippen LogP contribution in [0.5, 0.6) is 0 Å². The second-order valence-corrected chi connectivity index (χ2v) is 2.70. The molecule has 0 amide bonds. The molecular formula is C7H15NO. The SMILES string of the molecule is CNC[C@@H]1CCC(C)O1. The Morgan fingerprint density at radius 3 is 2.78 bits per heavy atom. The lowest BCUT2D eigenvalue weighted by atomic mass is 10.2. The molecule has 1 N–H and O–H groups in total. The molecule has 54 valence electrons. The van der Waals surface area contributed by atoms with Crippen molar-refractivity contribution in [3.05, 3.63) is 0 Å². The third-order valence-corrected chi connectivity index (χ3v) is 1.75. The van der Waals surface area contributed by atoms with Crippen molar-refractivity contribution in [2.45, 2.75) is 32.0 Å². The number of hydrogen-bond donors (Lipinski definition) is 1. The molecule has 1 rings (SSSR count). The number of rotatable bonds is 2. The van der Waals surface area contributed by atoms with Crippen LogP contribution in [0.2, 0.25) is 0 Å². The standard InChI is InChI=1S/C7H15NO/c1-6-3-4-7(9-6)5-8-2/h6-8H,3-5H2,1-2H3/t6?,7-/m0/s1. The highest BCUT2D eigenvalue weighted by Crippen LogP contribution is 2.17. The Morgan fingerprint density at radius 1 is 1.56 bits per heavy atom. The minimum absolute atomic E-state index is 0.477. The van der Waals surface area contributed by atoms with Crippen LogP contribution >= 0.6 is 0 Å². The van der Waals surface area contributed by atoms with Crippen LogP contribution in [0.3, 0.4) is 0 Å². The summed E-state index contributed by atoms with van der Waals surface area (Å²) >= 11 is 0. The van der Waals surface area contributed by atoms with E-state index in [9.17, 15) is 0 Å². The lowest BCUT2D eigenvalue weighted by Crippen LogP contribution is -2.23. The maximum Gasteiger partial charge on any atom is 0.0703 e. The summed E-state index contributed by atoms with van der Waals surface area (Å²) in [5, 5.41) is 3.11. The number of hydrogen-bond acceptors (Lipinski definition) is 2. The Bertz CT molecular complexity index is 83.0. The highest BCUT2D eigenvalue weighted by atomic mass is 16.5. The van der Waals surface area contributed by atoms with E-state index in [0.29, 0.717) is 12.2 Å². The van der Waals surface area contributed by atoms with Gasteiger partial charge in [-0.15, -0.1) is 0 Å². The van der Waals surface area contributed by atoms with Gasteiger partial charge in [-0.2, -0.15) is 0 Å². The van der Waals surface area contributed by atoms with Gasteiger partial charge < -0.3 is 10.1 Å². The van der Waals surface area contributed by atoms with E-state index in [4.69, 9.17) is 4.74 Å². The molecule has 2 nitrogen and oxygen atoms in total. The van der Waals surface area contributed by atoms with Gasteiger partial charge in [0, 0.05) is 6.54 Å². The first-order valence-electron chi connectivity index (χ1n) is 3.63. The van der Waals surface area contributed by atoms with Gasteiger partial charge in [0.1, 0.15) is 0 Å². The van der Waals surface area contributed by atoms with Crippen LogP contribution in [-0.4, -0.2) is 25.8 Å². The lowest BCUT2D eigenvalue weighted by Gasteiger charge is -2.08. The van der Waals surface area contributed by atoms with Crippen LogP contribution in [0, 0.1) is 0 Å². The van der Waals surface area contributed by atoms with Gasteiger partial charge in [-0.05, 0) is 26.8 Å². The summed E-state index contributed by atoms with van der Waals surface area (Å²) in [6.45, 7) is 3.14. The highest BCUT2D eigenvalue weighted by Gasteiger charge is 2.20. The van der Waals surface area contributed by atoms with Gasteiger partial charge in [0.05, 0.1) is 12.2 Å². The largest absolute Gasteiger partial charge is 0.374 e. The summed E-state index contributed by atoms with van der Waals surface area (Å²) < 4.78 is 5.54. The summed E-state index contributed by atoms with van der Waals surface area (Å²) in [4.78, 5) is 0. The first-order chi connectivity index (χ1) is 4.33. The predicted octanol–water partition coefficient (Wildman–Crippen LogP) is 0.773. The van der Waals surface area contributed by atoms with E-state index in [1.165, 1.54) is 12.8 Å². The molecule has 9 heavy (non-hydrogen) atoms. The van der Waals surface area contributed by atoms with Gasteiger partial charge in [0.25, 0.3) is 0 Å². The maximum absolute atomic E-state index is 5.54. The molecule has 0 aliphatic carbocycles. The molecule has 1 heterocycles. The van der Waals surface area contributed by atoms with E-state index in [1.807, 2.05) is 7.05 Å². The van der Waals surface area contributed by atoms with E-state index in [0.717, 1.165) is 6.54 Å². The molecule has 0 spiro atoms. The molecular weight excluding hydrogens is 114 g/mol. The monoisotopic (exact) mass is 129 g/mol. The maximum atomic E-state index is 5.54. The zero-order chi connectivity index (χ0) is 6.69. The van der Waals surface area contributed by atoms with E-state index in [-0.39, 0.29) is 0 Å². The number of likely N-dealkylation sites (N-methyl/N-ethyl adjacent to an activating group) is 1. The van der Waals surface area contributed by atoms with Crippen LogP contribution in [0.25, 0.3) is 0 Å². The fourth-order valence-electron chi connectivity index (χ4n) is 1.26. The minimum atomic E-state index is 0.477. The summed E-state index contributed by atoms with van der Waals surface area (Å²) in [5.41, 5.74) is 0. The topological polar surface area (TPSA) is 21.3 Å². The van der Waals surface area contributed by atoms with Crippen molar-refractivity contribution in [3.63, 3.8) is 0 Å². The summed E-state index contributed by atoms with van der Waals surface area (Å²) in [6.07, 6.45) is 3.42. The van der Waals surface area contributed by atoms with Crippen molar-refractivity contribution in [1.82, 2.24) is 5.32 Å². The third-order valence-electron chi connectivity index (χ3n) is 1.75. The Balaban J connectivity index is 2.14. The number of nitrogens with one attached hydrogen (secondary N) is 1. The van der Waals surface area contributed by atoms with E-state index < -0.39 is 0 Å². The second-order valence-electron chi connectivity index (χ2n) is 2.70. The Kier molecular flexibility index (Phi) is 2.49. The second kappa shape index (κ2) is 3.18. The molecule has 2 atom stereocenters. The van der Waals surface area contributed by atoms with E-state index >= 15 is 0 Å². The first kappa shape index (κ1) is 7.03. The average molecular weight is 129 g/mol. The van der Waals surface area contributed by atoms with Crippen molar-refractivity contribution in [2.75, 3.05) is 13.6 Å². The zero-order valence-corrected chi connectivity index (χ0v) is 6.18. The molecule has 1 saturated heterocycles. The smallest absolute Gasteiger partial charge is 0.0703 e. The molecule has 0 saturated carbocycles. The van der Waals surface area contributed by atoms with Gasteiger partial charge in [-0.25, -0.2) is 0 Å². The fourth-order valence-corrected chi connectivity index (χ4v) is 1.26. The molecule has 1 aliphatic rings. The third kappa shape index (κ3) is 1.95. The molecule has 0 radical (unpaired) electrons. The average Bonchev–Trinajstić information content (AvgIpc) is 2.17.